The number of nitrogens with one attached hydrogen (secondary N) is 1. The summed E-state index contributed by atoms with van der Waals surface area (Å²) in [5.74, 6) is -0.597. The molecule has 0 saturated carbocycles. The highest BCUT2D eigenvalue weighted by Crippen LogP contribution is 2.17. The maximum Gasteiger partial charge on any atom is 0.249 e. The van der Waals surface area contributed by atoms with Crippen LogP contribution < -0.4 is 5.32 Å². The number of aliphatic hydroxyl groups is 4. The number of aliphatic hydroxyl groups excluding tert-OH is 4. The molecule has 0 saturated heterocycles. The van der Waals surface area contributed by atoms with Gasteiger partial charge in [-0.1, -0.05) is 280 Å². The second-order valence-electron chi connectivity index (χ2n) is 21.4. The normalized spacial score (nSPS) is 14.1. The smallest absolute Gasteiger partial charge is 0.249 e. The molecule has 71 heavy (non-hydrogen) atoms. The maximum absolute atomic E-state index is 12.6. The summed E-state index contributed by atoms with van der Waals surface area (Å²) in [6.07, 6.45) is 77.4. The Morgan fingerprint density at radius 1 is 0.352 bits per heavy atom. The van der Waals surface area contributed by atoms with Crippen LogP contribution in [0.1, 0.15) is 316 Å². The summed E-state index contributed by atoms with van der Waals surface area (Å²) in [6, 6.07) is -1.01. The van der Waals surface area contributed by atoms with E-state index in [0.717, 1.165) is 57.8 Å². The van der Waals surface area contributed by atoms with E-state index in [-0.39, 0.29) is 0 Å². The molecule has 0 radical (unpaired) electrons. The number of allylic oxidation sites excluding steroid dienone is 10. The largest absolute Gasteiger partial charge is 0.394 e. The first-order valence-electron chi connectivity index (χ1n) is 31.2. The van der Waals surface area contributed by atoms with Gasteiger partial charge in [0.1, 0.15) is 12.2 Å². The second kappa shape index (κ2) is 58.9. The van der Waals surface area contributed by atoms with Crippen LogP contribution in [0, 0.1) is 0 Å². The second-order valence-corrected chi connectivity index (χ2v) is 21.4. The van der Waals surface area contributed by atoms with Crippen molar-refractivity contribution in [2.75, 3.05) is 6.61 Å². The minimum atomic E-state index is -1.30. The molecule has 0 aromatic rings. The Bertz CT molecular complexity index is 1210. The van der Waals surface area contributed by atoms with Crippen molar-refractivity contribution in [2.45, 2.75) is 340 Å². The molecule has 0 aliphatic carbocycles. The fourth-order valence-electron chi connectivity index (χ4n) is 9.53. The fourth-order valence-corrected chi connectivity index (χ4v) is 9.53. The van der Waals surface area contributed by atoms with Crippen molar-refractivity contribution in [3.05, 3.63) is 60.8 Å². The van der Waals surface area contributed by atoms with Crippen LogP contribution in [0.15, 0.2) is 60.8 Å². The van der Waals surface area contributed by atoms with Gasteiger partial charge < -0.3 is 25.7 Å². The Balaban J connectivity index is 3.64. The average Bonchev–Trinajstić information content (AvgIpc) is 3.38. The van der Waals surface area contributed by atoms with Crippen molar-refractivity contribution >= 4 is 5.91 Å². The van der Waals surface area contributed by atoms with E-state index in [4.69, 9.17) is 0 Å². The molecule has 0 aliphatic rings. The average molecular weight is 997 g/mol. The molecule has 0 aliphatic heterocycles. The van der Waals surface area contributed by atoms with Gasteiger partial charge in [0.05, 0.1) is 18.8 Å². The van der Waals surface area contributed by atoms with Crippen molar-refractivity contribution in [3.8, 4) is 0 Å². The summed E-state index contributed by atoms with van der Waals surface area (Å²) < 4.78 is 0. The predicted octanol–water partition coefficient (Wildman–Crippen LogP) is 18.7. The van der Waals surface area contributed by atoms with Crippen LogP contribution in [0.2, 0.25) is 0 Å². The summed E-state index contributed by atoms with van der Waals surface area (Å²) in [7, 11) is 0. The third-order valence-corrected chi connectivity index (χ3v) is 14.4. The number of carbonyl (C=O) groups is 1. The van der Waals surface area contributed by atoms with Crippen molar-refractivity contribution in [3.63, 3.8) is 0 Å². The Morgan fingerprint density at radius 2 is 0.634 bits per heavy atom. The van der Waals surface area contributed by atoms with Crippen LogP contribution in [0.4, 0.5) is 0 Å². The van der Waals surface area contributed by atoms with E-state index in [0.29, 0.717) is 19.3 Å². The highest BCUT2D eigenvalue weighted by molar-refractivity contribution is 5.80. The van der Waals surface area contributed by atoms with Crippen LogP contribution in [0.5, 0.6) is 0 Å². The molecular weight excluding hydrogens is 875 g/mol. The first kappa shape index (κ1) is 69.0. The lowest BCUT2D eigenvalue weighted by Gasteiger charge is -2.27. The fraction of sp³-hybridized carbons (Fsp3) is 0.831. The highest BCUT2D eigenvalue weighted by atomic mass is 16.3. The first-order valence-corrected chi connectivity index (χ1v) is 31.2. The summed E-state index contributed by atoms with van der Waals surface area (Å²) in [5, 5.41) is 44.0. The van der Waals surface area contributed by atoms with E-state index in [2.05, 4.69) is 79.9 Å². The van der Waals surface area contributed by atoms with Gasteiger partial charge in [0.25, 0.3) is 0 Å². The first-order chi connectivity index (χ1) is 35.0. The molecule has 6 nitrogen and oxygen atoms in total. The number of rotatable bonds is 57. The monoisotopic (exact) mass is 996 g/mol. The third-order valence-electron chi connectivity index (χ3n) is 14.4. The summed E-state index contributed by atoms with van der Waals surface area (Å²) in [5.41, 5.74) is 0. The van der Waals surface area contributed by atoms with Crippen LogP contribution in [-0.2, 0) is 4.79 Å². The lowest BCUT2D eigenvalue weighted by atomic mass is 10.00. The molecule has 6 heteroatoms. The van der Waals surface area contributed by atoms with Crippen molar-refractivity contribution in [2.24, 2.45) is 0 Å². The van der Waals surface area contributed by atoms with Gasteiger partial charge in [0.15, 0.2) is 0 Å². The molecule has 0 heterocycles. The van der Waals surface area contributed by atoms with E-state index in [1.807, 2.05) is 0 Å². The minimum Gasteiger partial charge on any atom is -0.394 e. The van der Waals surface area contributed by atoms with Gasteiger partial charge in [-0.15, -0.1) is 0 Å². The molecule has 1 amide bonds. The molecule has 0 aromatic carbocycles. The number of hydrogen-bond donors (Lipinski definition) is 5. The quantitative estimate of drug-likeness (QED) is 0.0308. The highest BCUT2D eigenvalue weighted by Gasteiger charge is 2.28. The standard InChI is InChI=1S/C65H121NO5/c1-3-5-7-9-11-13-15-17-19-21-23-25-26-27-28-29-30-31-32-33-34-35-36-37-39-41-43-45-47-49-51-53-55-57-59-63(69)65(71)66-61(60-67)64(70)62(68)58-56-54-52-50-48-46-44-42-40-38-24-22-20-18-16-14-12-10-8-6-4-2/h22,24,26-27,29-30,42,44,50,52,61-64,67-70H,3-21,23,25,28,31-41,43,45-49,51,53-60H2,1-2H3,(H,66,71)/b24-22+,27-26-,30-29-,44-42+,52-50+. The number of unbranched alkanes of at least 4 members (excludes halogenated alkanes) is 38. The van der Waals surface area contributed by atoms with E-state index >= 15 is 0 Å². The van der Waals surface area contributed by atoms with Crippen LogP contribution in [0.25, 0.3) is 0 Å². The third kappa shape index (κ3) is 52.7. The van der Waals surface area contributed by atoms with Gasteiger partial charge >= 0.3 is 0 Å². The van der Waals surface area contributed by atoms with Gasteiger partial charge in [-0.25, -0.2) is 0 Å². The lowest BCUT2D eigenvalue weighted by Crippen LogP contribution is -2.53. The van der Waals surface area contributed by atoms with Gasteiger partial charge in [-0.05, 0) is 96.3 Å². The van der Waals surface area contributed by atoms with Crippen LogP contribution in [-0.4, -0.2) is 57.3 Å². The molecular formula is C65H121NO5. The Labute approximate surface area is 442 Å². The number of amides is 1. The van der Waals surface area contributed by atoms with Crippen LogP contribution >= 0.6 is 0 Å². The van der Waals surface area contributed by atoms with Gasteiger partial charge in [-0.2, -0.15) is 0 Å². The van der Waals surface area contributed by atoms with E-state index < -0.39 is 36.9 Å². The summed E-state index contributed by atoms with van der Waals surface area (Å²) in [6.45, 7) is 4.06. The maximum atomic E-state index is 12.6. The molecule has 0 fully saturated rings. The zero-order chi connectivity index (χ0) is 51.6. The van der Waals surface area contributed by atoms with Crippen molar-refractivity contribution < 1.29 is 25.2 Å². The molecule has 0 spiro atoms. The van der Waals surface area contributed by atoms with E-state index in [1.165, 1.54) is 225 Å². The van der Waals surface area contributed by atoms with Crippen molar-refractivity contribution in [1.29, 1.82) is 0 Å². The van der Waals surface area contributed by atoms with Gasteiger partial charge in [0, 0.05) is 0 Å². The zero-order valence-corrected chi connectivity index (χ0v) is 47.2. The molecule has 416 valence electrons. The molecule has 0 bridgehead atoms. The van der Waals surface area contributed by atoms with Gasteiger partial charge in [0.2, 0.25) is 5.91 Å². The SMILES string of the molecule is CCCCCCCCCC/C=C/CC/C=C/CC/C=C/CCCC(O)C(O)C(CO)NC(=O)C(O)CCCCCCCCCCCCCCCCCC/C=C\C/C=C\CCCCCCCCCCCCC. The Kier molecular flexibility index (Phi) is 57.2. The van der Waals surface area contributed by atoms with Crippen molar-refractivity contribution in [1.82, 2.24) is 5.32 Å². The van der Waals surface area contributed by atoms with E-state index in [1.54, 1.807) is 0 Å². The molecule has 0 rings (SSSR count). The zero-order valence-electron chi connectivity index (χ0n) is 47.2. The topological polar surface area (TPSA) is 110 Å². The summed E-state index contributed by atoms with van der Waals surface area (Å²) in [4.78, 5) is 12.6. The van der Waals surface area contributed by atoms with Gasteiger partial charge in [-0.3, -0.25) is 4.79 Å². The van der Waals surface area contributed by atoms with Crippen LogP contribution in [0.3, 0.4) is 0 Å². The lowest BCUT2D eigenvalue weighted by molar-refractivity contribution is -0.132. The number of carbonyl (C=O) groups excluding carboxylic acids is 1. The molecule has 0 aromatic heterocycles. The minimum absolute atomic E-state index is 0.358. The summed E-state index contributed by atoms with van der Waals surface area (Å²) >= 11 is 0. The molecule has 4 unspecified atom stereocenters. The Hall–Kier alpha value is -1.99. The van der Waals surface area contributed by atoms with E-state index in [9.17, 15) is 25.2 Å². The molecule has 4 atom stereocenters. The predicted molar refractivity (Wildman–Crippen MR) is 311 cm³/mol. The molecule has 5 N–H and O–H groups in total. The number of hydrogen-bond acceptors (Lipinski definition) is 5. The Morgan fingerprint density at radius 3 is 0.972 bits per heavy atom.